The number of hydrogen-bond acceptors (Lipinski definition) is 3. The molecule has 0 bridgehead atoms. The van der Waals surface area contributed by atoms with E-state index in [0.717, 1.165) is 25.8 Å². The molecule has 94 valence electrons. The molecule has 2 aliphatic heterocycles. The van der Waals surface area contributed by atoms with Crippen molar-refractivity contribution >= 4 is 11.9 Å². The van der Waals surface area contributed by atoms with Crippen molar-refractivity contribution in [1.82, 2.24) is 4.90 Å². The second kappa shape index (κ2) is 3.70. The number of hydrogen-bond donors (Lipinski definition) is 1. The predicted octanol–water partition coefficient (Wildman–Crippen LogP) is 0.774. The van der Waals surface area contributed by atoms with Crippen molar-refractivity contribution in [3.8, 4) is 0 Å². The molecule has 0 radical (unpaired) electrons. The van der Waals surface area contributed by atoms with Gasteiger partial charge >= 0.3 is 5.97 Å². The number of carbonyl (C=O) groups is 2. The van der Waals surface area contributed by atoms with Crippen LogP contribution in [0.5, 0.6) is 0 Å². The van der Waals surface area contributed by atoms with Gasteiger partial charge in [0.2, 0.25) is 0 Å². The van der Waals surface area contributed by atoms with Gasteiger partial charge in [-0.2, -0.15) is 0 Å². The molecule has 3 rings (SSSR count). The minimum absolute atomic E-state index is 0.0136. The maximum Gasteiger partial charge on any atom is 0.332 e. The predicted molar refractivity (Wildman–Crippen MR) is 58.4 cm³/mol. The van der Waals surface area contributed by atoms with Crippen LogP contribution in [0.4, 0.5) is 0 Å². The second-order valence-electron chi connectivity index (χ2n) is 5.35. The Hall–Kier alpha value is -1.10. The minimum atomic E-state index is -0.956. The first-order valence-corrected chi connectivity index (χ1v) is 6.32. The van der Waals surface area contributed by atoms with Crippen LogP contribution >= 0.6 is 0 Å². The zero-order valence-corrected chi connectivity index (χ0v) is 9.72. The molecule has 3 aliphatic rings. The molecule has 0 aromatic heterocycles. The summed E-state index contributed by atoms with van der Waals surface area (Å²) >= 11 is 0. The molecular formula is C12H17NO4. The second-order valence-corrected chi connectivity index (χ2v) is 5.35. The SMILES string of the molecule is O=C(O)[C@H]1CC[C@@H](C(=O)N2CCC23CCC3)O1. The van der Waals surface area contributed by atoms with E-state index >= 15 is 0 Å². The van der Waals surface area contributed by atoms with Gasteiger partial charge in [-0.1, -0.05) is 0 Å². The average Bonchev–Trinajstić information content (AvgIpc) is 2.61. The van der Waals surface area contributed by atoms with Gasteiger partial charge in [-0.25, -0.2) is 4.79 Å². The molecule has 2 heterocycles. The van der Waals surface area contributed by atoms with Crippen LogP contribution < -0.4 is 0 Å². The molecule has 0 aromatic rings. The van der Waals surface area contributed by atoms with Crippen molar-refractivity contribution in [2.75, 3.05) is 6.54 Å². The highest BCUT2D eigenvalue weighted by molar-refractivity contribution is 5.84. The van der Waals surface area contributed by atoms with Crippen molar-refractivity contribution in [2.45, 2.75) is 56.3 Å². The van der Waals surface area contributed by atoms with E-state index < -0.39 is 18.2 Å². The first-order chi connectivity index (χ1) is 8.12. The Balaban J connectivity index is 1.62. The van der Waals surface area contributed by atoms with Crippen LogP contribution in [-0.2, 0) is 14.3 Å². The highest BCUT2D eigenvalue weighted by Gasteiger charge is 2.53. The van der Waals surface area contributed by atoms with E-state index in [4.69, 9.17) is 9.84 Å². The molecular weight excluding hydrogens is 222 g/mol. The Morgan fingerprint density at radius 1 is 1.18 bits per heavy atom. The van der Waals surface area contributed by atoms with Gasteiger partial charge in [-0.15, -0.1) is 0 Å². The van der Waals surface area contributed by atoms with Gasteiger partial charge in [0.1, 0.15) is 6.10 Å². The van der Waals surface area contributed by atoms with Crippen LogP contribution in [0.3, 0.4) is 0 Å². The van der Waals surface area contributed by atoms with Crippen molar-refractivity contribution in [2.24, 2.45) is 0 Å². The zero-order chi connectivity index (χ0) is 12.0. The maximum absolute atomic E-state index is 12.2. The highest BCUT2D eigenvalue weighted by Crippen LogP contribution is 2.47. The Labute approximate surface area is 99.7 Å². The van der Waals surface area contributed by atoms with Crippen LogP contribution in [0.15, 0.2) is 0 Å². The number of carbonyl (C=O) groups excluding carboxylic acids is 1. The number of likely N-dealkylation sites (tertiary alicyclic amines) is 1. The summed E-state index contributed by atoms with van der Waals surface area (Å²) in [7, 11) is 0. The van der Waals surface area contributed by atoms with Gasteiger partial charge in [-0.05, 0) is 38.5 Å². The number of rotatable bonds is 2. The quantitative estimate of drug-likeness (QED) is 0.773. The number of amides is 1. The smallest absolute Gasteiger partial charge is 0.332 e. The number of carboxylic acid groups (broad SMARTS) is 1. The van der Waals surface area contributed by atoms with E-state index in [1.165, 1.54) is 6.42 Å². The third-order valence-corrected chi connectivity index (χ3v) is 4.49. The largest absolute Gasteiger partial charge is 0.479 e. The van der Waals surface area contributed by atoms with E-state index in [1.807, 2.05) is 4.90 Å². The van der Waals surface area contributed by atoms with E-state index in [-0.39, 0.29) is 11.4 Å². The third-order valence-electron chi connectivity index (χ3n) is 4.49. The van der Waals surface area contributed by atoms with Crippen molar-refractivity contribution in [3.63, 3.8) is 0 Å². The van der Waals surface area contributed by atoms with E-state index in [9.17, 15) is 9.59 Å². The number of carboxylic acids is 1. The molecule has 3 fully saturated rings. The molecule has 0 unspecified atom stereocenters. The standard InChI is InChI=1S/C12H17NO4/c14-10(8-2-3-9(17-8)11(15)16)13-7-6-12(13)4-1-5-12/h8-9H,1-7H2,(H,15,16)/t8-,9+/m0/s1. The molecule has 1 aliphatic carbocycles. The Bertz CT molecular complexity index is 358. The van der Waals surface area contributed by atoms with Crippen LogP contribution in [-0.4, -0.2) is 46.2 Å². The monoisotopic (exact) mass is 239 g/mol. The Morgan fingerprint density at radius 2 is 1.88 bits per heavy atom. The summed E-state index contributed by atoms with van der Waals surface area (Å²) in [5, 5.41) is 8.83. The molecule has 2 saturated heterocycles. The van der Waals surface area contributed by atoms with Crippen LogP contribution in [0.2, 0.25) is 0 Å². The molecule has 1 amide bonds. The van der Waals surface area contributed by atoms with Crippen molar-refractivity contribution in [1.29, 1.82) is 0 Å². The van der Waals surface area contributed by atoms with Crippen molar-refractivity contribution < 1.29 is 19.4 Å². The first-order valence-electron chi connectivity index (χ1n) is 6.32. The fourth-order valence-electron chi connectivity index (χ4n) is 3.16. The maximum atomic E-state index is 12.2. The summed E-state index contributed by atoms with van der Waals surface area (Å²) in [6, 6.07) is 0. The molecule has 17 heavy (non-hydrogen) atoms. The highest BCUT2D eigenvalue weighted by atomic mass is 16.5. The lowest BCUT2D eigenvalue weighted by Gasteiger charge is -2.59. The van der Waals surface area contributed by atoms with Crippen LogP contribution in [0.25, 0.3) is 0 Å². The molecule has 2 atom stereocenters. The molecule has 5 nitrogen and oxygen atoms in total. The van der Waals surface area contributed by atoms with E-state index in [2.05, 4.69) is 0 Å². The average molecular weight is 239 g/mol. The normalized spacial score (nSPS) is 34.2. The minimum Gasteiger partial charge on any atom is -0.479 e. The number of nitrogens with zero attached hydrogens (tertiary/aromatic N) is 1. The third kappa shape index (κ3) is 1.56. The Kier molecular flexibility index (Phi) is 2.40. The van der Waals surface area contributed by atoms with Crippen LogP contribution in [0, 0.1) is 0 Å². The summed E-state index contributed by atoms with van der Waals surface area (Å²) in [5.41, 5.74) is 0.127. The first kappa shape index (κ1) is 11.0. The summed E-state index contributed by atoms with van der Waals surface area (Å²) in [4.78, 5) is 24.9. The lowest BCUT2D eigenvalue weighted by Crippen LogP contribution is -2.67. The molecule has 0 aromatic carbocycles. The fraction of sp³-hybridized carbons (Fsp3) is 0.833. The van der Waals surface area contributed by atoms with Crippen molar-refractivity contribution in [3.05, 3.63) is 0 Å². The topological polar surface area (TPSA) is 66.8 Å². The summed E-state index contributed by atoms with van der Waals surface area (Å²) in [5.74, 6) is -0.943. The zero-order valence-electron chi connectivity index (χ0n) is 9.72. The van der Waals surface area contributed by atoms with E-state index in [0.29, 0.717) is 12.8 Å². The fourth-order valence-corrected chi connectivity index (χ4v) is 3.16. The summed E-state index contributed by atoms with van der Waals surface area (Å²) in [6.07, 6.45) is 4.20. The molecule has 5 heteroatoms. The van der Waals surface area contributed by atoms with Gasteiger partial charge in [0.25, 0.3) is 5.91 Å². The summed E-state index contributed by atoms with van der Waals surface area (Å²) in [6.45, 7) is 0.816. The van der Waals surface area contributed by atoms with Gasteiger partial charge in [-0.3, -0.25) is 4.79 Å². The lowest BCUT2D eigenvalue weighted by molar-refractivity contribution is -0.170. The lowest BCUT2D eigenvalue weighted by atomic mass is 9.67. The summed E-state index contributed by atoms with van der Waals surface area (Å²) < 4.78 is 5.31. The van der Waals surface area contributed by atoms with Gasteiger partial charge in [0.05, 0.1) is 0 Å². The molecule has 1 spiro atoms. The number of aliphatic carboxylic acids is 1. The molecule has 1 saturated carbocycles. The van der Waals surface area contributed by atoms with Gasteiger partial charge < -0.3 is 14.7 Å². The van der Waals surface area contributed by atoms with Gasteiger partial charge in [0.15, 0.2) is 6.10 Å². The van der Waals surface area contributed by atoms with E-state index in [1.54, 1.807) is 0 Å². The van der Waals surface area contributed by atoms with Gasteiger partial charge in [0, 0.05) is 12.1 Å². The van der Waals surface area contributed by atoms with Crippen LogP contribution in [0.1, 0.15) is 38.5 Å². The molecule has 1 N–H and O–H groups in total. The Morgan fingerprint density at radius 3 is 2.29 bits per heavy atom. The number of ether oxygens (including phenoxy) is 1.